The number of methoxy groups -OCH3 is 1. The molecule has 140 valence electrons. The molecular formula is C18H17N3O5S. The van der Waals surface area contributed by atoms with Crippen molar-refractivity contribution in [2.24, 2.45) is 10.2 Å². The number of rotatable bonds is 4. The number of aromatic hydroxyl groups is 1. The minimum atomic E-state index is -3.81. The van der Waals surface area contributed by atoms with E-state index in [9.17, 15) is 18.3 Å². The number of primary sulfonamides is 1. The molecule has 1 heterocycles. The minimum Gasteiger partial charge on any atom is -0.504 e. The average Bonchev–Trinajstić information content (AvgIpc) is 2.90. The highest BCUT2D eigenvalue weighted by atomic mass is 32.2. The number of hydrazone groups is 1. The number of sulfonamides is 1. The topological polar surface area (TPSA) is 122 Å². The first-order valence-corrected chi connectivity index (χ1v) is 9.37. The van der Waals surface area contributed by atoms with Crippen molar-refractivity contribution in [3.8, 4) is 11.5 Å². The van der Waals surface area contributed by atoms with Crippen molar-refractivity contribution in [1.82, 2.24) is 0 Å². The molecule has 9 heteroatoms. The maximum atomic E-state index is 12.7. The summed E-state index contributed by atoms with van der Waals surface area (Å²) in [4.78, 5) is 12.7. The van der Waals surface area contributed by atoms with Crippen LogP contribution in [0, 0.1) is 0 Å². The van der Waals surface area contributed by atoms with Crippen LogP contribution in [0.25, 0.3) is 6.08 Å². The third-order valence-electron chi connectivity index (χ3n) is 3.99. The van der Waals surface area contributed by atoms with Gasteiger partial charge in [0.2, 0.25) is 10.0 Å². The number of carbonyl (C=O) groups is 1. The van der Waals surface area contributed by atoms with E-state index in [1.54, 1.807) is 25.1 Å². The van der Waals surface area contributed by atoms with Crippen molar-refractivity contribution in [2.75, 3.05) is 12.1 Å². The molecule has 1 amide bonds. The second-order valence-corrected chi connectivity index (χ2v) is 7.39. The summed E-state index contributed by atoms with van der Waals surface area (Å²) in [7, 11) is -2.38. The molecule has 2 aromatic rings. The number of nitrogens with two attached hydrogens (primary N) is 1. The molecule has 0 saturated carbocycles. The lowest BCUT2D eigenvalue weighted by Gasteiger charge is -2.12. The molecule has 0 atom stereocenters. The highest BCUT2D eigenvalue weighted by Crippen LogP contribution is 2.29. The van der Waals surface area contributed by atoms with Crippen LogP contribution in [0.4, 0.5) is 5.69 Å². The Kier molecular flexibility index (Phi) is 4.73. The molecule has 8 nitrogen and oxygen atoms in total. The molecule has 0 aliphatic carbocycles. The van der Waals surface area contributed by atoms with Crippen molar-refractivity contribution in [3.05, 3.63) is 53.6 Å². The molecule has 0 bridgehead atoms. The van der Waals surface area contributed by atoms with Crippen LogP contribution < -0.4 is 14.9 Å². The number of ether oxygens (including phenoxy) is 1. The van der Waals surface area contributed by atoms with Gasteiger partial charge in [-0.25, -0.2) is 13.6 Å². The van der Waals surface area contributed by atoms with E-state index in [0.29, 0.717) is 28.3 Å². The van der Waals surface area contributed by atoms with E-state index in [1.165, 1.54) is 42.5 Å². The standard InChI is InChI=1S/C18H17N3O5S/c1-11-15(9-12-3-8-16(22)17(10-12)26-2)18(23)21(20-11)13-4-6-14(7-5-13)27(19,24)25/h3-10,22H,1-2H3,(H2,19,24,25)/b15-9-. The number of phenolic OH excluding ortho intramolecular Hbond substituents is 1. The molecule has 3 N–H and O–H groups in total. The summed E-state index contributed by atoms with van der Waals surface area (Å²) in [5, 5.41) is 20.2. The molecule has 0 unspecified atom stereocenters. The van der Waals surface area contributed by atoms with Crippen molar-refractivity contribution < 1.29 is 23.1 Å². The van der Waals surface area contributed by atoms with Crippen molar-refractivity contribution in [1.29, 1.82) is 0 Å². The van der Waals surface area contributed by atoms with Gasteiger partial charge >= 0.3 is 0 Å². The SMILES string of the molecule is COc1cc(/C=C2\C(=O)N(c3ccc(S(N)(=O)=O)cc3)N=C2C)ccc1O. The van der Waals surface area contributed by atoms with E-state index < -0.39 is 10.0 Å². The number of phenols is 1. The fraction of sp³-hybridized carbons (Fsp3) is 0.111. The van der Waals surface area contributed by atoms with Crippen LogP contribution in [-0.2, 0) is 14.8 Å². The van der Waals surface area contributed by atoms with Gasteiger partial charge < -0.3 is 9.84 Å². The van der Waals surface area contributed by atoms with Gasteiger partial charge in [0, 0.05) is 0 Å². The zero-order valence-electron chi connectivity index (χ0n) is 14.6. The van der Waals surface area contributed by atoms with E-state index in [4.69, 9.17) is 9.88 Å². The number of hydrogen-bond donors (Lipinski definition) is 2. The van der Waals surface area contributed by atoms with Gasteiger partial charge in [-0.2, -0.15) is 10.1 Å². The fourth-order valence-electron chi connectivity index (χ4n) is 2.59. The van der Waals surface area contributed by atoms with E-state index in [2.05, 4.69) is 5.10 Å². The zero-order chi connectivity index (χ0) is 19.8. The summed E-state index contributed by atoms with van der Waals surface area (Å²) in [5.41, 5.74) is 1.95. The van der Waals surface area contributed by atoms with E-state index in [1.807, 2.05) is 0 Å². The average molecular weight is 387 g/mol. The van der Waals surface area contributed by atoms with Gasteiger partial charge in [0.25, 0.3) is 5.91 Å². The molecular weight excluding hydrogens is 370 g/mol. The van der Waals surface area contributed by atoms with Crippen molar-refractivity contribution >= 4 is 33.4 Å². The molecule has 0 aromatic heterocycles. The molecule has 0 radical (unpaired) electrons. The Hall–Kier alpha value is -3.17. The van der Waals surface area contributed by atoms with Crippen LogP contribution in [0.5, 0.6) is 11.5 Å². The Labute approximate surface area is 156 Å². The van der Waals surface area contributed by atoms with Gasteiger partial charge in [-0.15, -0.1) is 0 Å². The van der Waals surface area contributed by atoms with Crippen LogP contribution in [0.1, 0.15) is 12.5 Å². The van der Waals surface area contributed by atoms with Crippen molar-refractivity contribution in [3.63, 3.8) is 0 Å². The first kappa shape index (κ1) is 18.6. The Morgan fingerprint density at radius 3 is 2.44 bits per heavy atom. The molecule has 1 aliphatic rings. The Morgan fingerprint density at radius 1 is 1.19 bits per heavy atom. The Bertz CT molecular complexity index is 1070. The maximum Gasteiger partial charge on any atom is 0.280 e. The Balaban J connectivity index is 1.92. The molecule has 1 aliphatic heterocycles. The van der Waals surface area contributed by atoms with Gasteiger partial charge in [0.05, 0.1) is 29.0 Å². The summed E-state index contributed by atoms with van der Waals surface area (Å²) in [5.74, 6) is -0.0675. The number of hydrogen-bond acceptors (Lipinski definition) is 6. The summed E-state index contributed by atoms with van der Waals surface area (Å²) < 4.78 is 27.8. The number of carbonyl (C=O) groups excluding carboxylic acids is 1. The van der Waals surface area contributed by atoms with Gasteiger partial charge in [-0.3, -0.25) is 4.79 Å². The lowest BCUT2D eigenvalue weighted by Crippen LogP contribution is -2.21. The third kappa shape index (κ3) is 3.69. The number of nitrogens with zero attached hydrogens (tertiary/aromatic N) is 2. The highest BCUT2D eigenvalue weighted by molar-refractivity contribution is 7.89. The minimum absolute atomic E-state index is 0.000593. The van der Waals surface area contributed by atoms with Crippen molar-refractivity contribution in [2.45, 2.75) is 11.8 Å². The number of benzene rings is 2. The predicted molar refractivity (Wildman–Crippen MR) is 101 cm³/mol. The normalized spacial score (nSPS) is 16.0. The highest BCUT2D eigenvalue weighted by Gasteiger charge is 2.29. The van der Waals surface area contributed by atoms with Gasteiger partial charge in [-0.1, -0.05) is 6.07 Å². The second kappa shape index (κ2) is 6.86. The predicted octanol–water partition coefficient (Wildman–Crippen LogP) is 1.85. The summed E-state index contributed by atoms with van der Waals surface area (Å²) in [6, 6.07) is 10.3. The van der Waals surface area contributed by atoms with Crippen LogP contribution in [0.3, 0.4) is 0 Å². The maximum absolute atomic E-state index is 12.7. The smallest absolute Gasteiger partial charge is 0.280 e. The lowest BCUT2D eigenvalue weighted by molar-refractivity contribution is -0.114. The summed E-state index contributed by atoms with van der Waals surface area (Å²) >= 11 is 0. The molecule has 0 fully saturated rings. The monoisotopic (exact) mass is 387 g/mol. The summed E-state index contributed by atoms with van der Waals surface area (Å²) in [6.45, 7) is 1.69. The molecule has 0 saturated heterocycles. The van der Waals surface area contributed by atoms with Crippen LogP contribution >= 0.6 is 0 Å². The molecule has 3 rings (SSSR count). The van der Waals surface area contributed by atoms with Crippen LogP contribution in [0.15, 0.2) is 58.0 Å². The Morgan fingerprint density at radius 2 is 1.85 bits per heavy atom. The number of amides is 1. The van der Waals surface area contributed by atoms with Gasteiger partial charge in [0.1, 0.15) is 0 Å². The first-order valence-electron chi connectivity index (χ1n) is 7.82. The number of anilines is 1. The van der Waals surface area contributed by atoms with Crippen LogP contribution in [0.2, 0.25) is 0 Å². The summed E-state index contributed by atoms with van der Waals surface area (Å²) in [6.07, 6.45) is 1.64. The third-order valence-corrected chi connectivity index (χ3v) is 4.92. The largest absolute Gasteiger partial charge is 0.504 e. The first-order chi connectivity index (χ1) is 12.7. The van der Waals surface area contributed by atoms with E-state index in [0.717, 1.165) is 0 Å². The molecule has 2 aromatic carbocycles. The molecule has 0 spiro atoms. The van der Waals surface area contributed by atoms with Gasteiger partial charge in [-0.05, 0) is 55.0 Å². The van der Waals surface area contributed by atoms with E-state index >= 15 is 0 Å². The zero-order valence-corrected chi connectivity index (χ0v) is 15.4. The van der Waals surface area contributed by atoms with E-state index in [-0.39, 0.29) is 16.6 Å². The lowest BCUT2D eigenvalue weighted by atomic mass is 10.1. The fourth-order valence-corrected chi connectivity index (χ4v) is 3.10. The molecule has 27 heavy (non-hydrogen) atoms. The second-order valence-electron chi connectivity index (χ2n) is 5.83. The van der Waals surface area contributed by atoms with Crippen LogP contribution in [-0.4, -0.2) is 32.3 Å². The van der Waals surface area contributed by atoms with Gasteiger partial charge in [0.15, 0.2) is 11.5 Å². The quantitative estimate of drug-likeness (QED) is 0.775.